The van der Waals surface area contributed by atoms with Crippen molar-refractivity contribution < 1.29 is 9.59 Å². The zero-order valence-electron chi connectivity index (χ0n) is 13.2. The number of halogens is 1. The van der Waals surface area contributed by atoms with Gasteiger partial charge in [-0.2, -0.15) is 0 Å². The molecule has 0 spiro atoms. The molecule has 0 bridgehead atoms. The number of anilines is 1. The van der Waals surface area contributed by atoms with Gasteiger partial charge in [-0.3, -0.25) is 9.59 Å². The van der Waals surface area contributed by atoms with E-state index in [0.29, 0.717) is 29.2 Å². The lowest BCUT2D eigenvalue weighted by Crippen LogP contribution is -2.50. The first kappa shape index (κ1) is 16.5. The SMILES string of the molecule is O=C(Nc1ccc(Cl)cc1)C1CCCCN1C(=O)c1ccccc1. The maximum atomic E-state index is 12.7. The first-order valence-corrected chi connectivity index (χ1v) is 8.45. The highest BCUT2D eigenvalue weighted by Gasteiger charge is 2.32. The second-order valence-electron chi connectivity index (χ2n) is 5.87. The van der Waals surface area contributed by atoms with E-state index < -0.39 is 6.04 Å². The fourth-order valence-corrected chi connectivity index (χ4v) is 3.08. The standard InChI is InChI=1S/C19H19ClN2O2/c20-15-9-11-16(12-10-15)21-18(23)17-8-4-5-13-22(17)19(24)14-6-2-1-3-7-14/h1-3,6-7,9-12,17H,4-5,8,13H2,(H,21,23). The molecule has 0 aromatic heterocycles. The Kier molecular flexibility index (Phi) is 5.16. The number of piperidine rings is 1. The van der Waals surface area contributed by atoms with Crippen molar-refractivity contribution in [3.63, 3.8) is 0 Å². The van der Waals surface area contributed by atoms with Gasteiger partial charge in [-0.25, -0.2) is 0 Å². The Morgan fingerprint density at radius 2 is 1.71 bits per heavy atom. The summed E-state index contributed by atoms with van der Waals surface area (Å²) in [7, 11) is 0. The second-order valence-corrected chi connectivity index (χ2v) is 6.31. The molecule has 0 aliphatic carbocycles. The molecular formula is C19H19ClN2O2. The van der Waals surface area contributed by atoms with E-state index in [-0.39, 0.29) is 11.8 Å². The molecule has 1 saturated heterocycles. The van der Waals surface area contributed by atoms with Crippen LogP contribution in [-0.2, 0) is 4.79 Å². The minimum Gasteiger partial charge on any atom is -0.327 e. The Bertz CT molecular complexity index is 716. The van der Waals surface area contributed by atoms with Gasteiger partial charge in [-0.15, -0.1) is 0 Å². The van der Waals surface area contributed by atoms with Gasteiger partial charge in [0.05, 0.1) is 0 Å². The van der Waals surface area contributed by atoms with Crippen LogP contribution in [-0.4, -0.2) is 29.3 Å². The van der Waals surface area contributed by atoms with Crippen LogP contribution in [0.4, 0.5) is 5.69 Å². The topological polar surface area (TPSA) is 49.4 Å². The maximum Gasteiger partial charge on any atom is 0.254 e. The number of rotatable bonds is 3. The Labute approximate surface area is 146 Å². The van der Waals surface area contributed by atoms with E-state index in [1.807, 2.05) is 18.2 Å². The van der Waals surface area contributed by atoms with Gasteiger partial charge >= 0.3 is 0 Å². The molecule has 0 radical (unpaired) electrons. The largest absolute Gasteiger partial charge is 0.327 e. The summed E-state index contributed by atoms with van der Waals surface area (Å²) in [6.07, 6.45) is 2.54. The van der Waals surface area contributed by atoms with Crippen molar-refractivity contribution in [1.29, 1.82) is 0 Å². The van der Waals surface area contributed by atoms with E-state index >= 15 is 0 Å². The summed E-state index contributed by atoms with van der Waals surface area (Å²) in [5, 5.41) is 3.50. The van der Waals surface area contributed by atoms with Crippen LogP contribution in [0.2, 0.25) is 5.02 Å². The van der Waals surface area contributed by atoms with Crippen LogP contribution in [0.15, 0.2) is 54.6 Å². The summed E-state index contributed by atoms with van der Waals surface area (Å²) >= 11 is 5.86. The summed E-state index contributed by atoms with van der Waals surface area (Å²) < 4.78 is 0. The quantitative estimate of drug-likeness (QED) is 0.917. The van der Waals surface area contributed by atoms with Crippen LogP contribution < -0.4 is 5.32 Å². The number of hydrogen-bond acceptors (Lipinski definition) is 2. The number of hydrogen-bond donors (Lipinski definition) is 1. The van der Waals surface area contributed by atoms with Crippen molar-refractivity contribution in [3.8, 4) is 0 Å². The van der Waals surface area contributed by atoms with Gasteiger partial charge in [0.2, 0.25) is 5.91 Å². The zero-order valence-corrected chi connectivity index (χ0v) is 14.0. The van der Waals surface area contributed by atoms with E-state index in [4.69, 9.17) is 11.6 Å². The number of nitrogens with one attached hydrogen (secondary N) is 1. The minimum atomic E-state index is -0.442. The van der Waals surface area contributed by atoms with Gasteiger partial charge in [0.25, 0.3) is 5.91 Å². The van der Waals surface area contributed by atoms with Crippen molar-refractivity contribution in [2.45, 2.75) is 25.3 Å². The van der Waals surface area contributed by atoms with Crippen LogP contribution in [0, 0.1) is 0 Å². The fourth-order valence-electron chi connectivity index (χ4n) is 2.95. The lowest BCUT2D eigenvalue weighted by molar-refractivity contribution is -0.121. The number of carbonyl (C=O) groups excluding carboxylic acids is 2. The van der Waals surface area contributed by atoms with Gasteiger partial charge in [-0.05, 0) is 55.7 Å². The molecule has 4 nitrogen and oxygen atoms in total. The third kappa shape index (κ3) is 3.77. The summed E-state index contributed by atoms with van der Waals surface area (Å²) in [5.41, 5.74) is 1.30. The molecule has 24 heavy (non-hydrogen) atoms. The number of nitrogens with zero attached hydrogens (tertiary/aromatic N) is 1. The average Bonchev–Trinajstić information content (AvgIpc) is 2.63. The van der Waals surface area contributed by atoms with Gasteiger partial charge in [-0.1, -0.05) is 29.8 Å². The molecule has 2 amide bonds. The molecule has 2 aromatic rings. The second kappa shape index (κ2) is 7.49. The molecule has 5 heteroatoms. The Morgan fingerprint density at radius 3 is 2.42 bits per heavy atom. The molecule has 1 unspecified atom stereocenters. The Morgan fingerprint density at radius 1 is 1.00 bits per heavy atom. The van der Waals surface area contributed by atoms with Gasteiger partial charge in [0, 0.05) is 22.8 Å². The van der Waals surface area contributed by atoms with E-state index in [0.717, 1.165) is 12.8 Å². The van der Waals surface area contributed by atoms with Gasteiger partial charge in [0.15, 0.2) is 0 Å². The van der Waals surface area contributed by atoms with E-state index in [2.05, 4.69) is 5.32 Å². The number of benzene rings is 2. The summed E-state index contributed by atoms with van der Waals surface area (Å²) in [4.78, 5) is 27.1. The summed E-state index contributed by atoms with van der Waals surface area (Å²) in [5.74, 6) is -0.243. The van der Waals surface area contributed by atoms with Crippen LogP contribution in [0.3, 0.4) is 0 Å². The summed E-state index contributed by atoms with van der Waals surface area (Å²) in [6.45, 7) is 0.604. The number of likely N-dealkylation sites (tertiary alicyclic amines) is 1. The monoisotopic (exact) mass is 342 g/mol. The fraction of sp³-hybridized carbons (Fsp3) is 0.263. The van der Waals surface area contributed by atoms with E-state index in [1.165, 1.54) is 0 Å². The normalized spacial score (nSPS) is 17.4. The van der Waals surface area contributed by atoms with Crippen LogP contribution in [0.5, 0.6) is 0 Å². The zero-order chi connectivity index (χ0) is 16.9. The van der Waals surface area contributed by atoms with E-state index in [1.54, 1.807) is 41.3 Å². The molecule has 1 fully saturated rings. The predicted octanol–water partition coefficient (Wildman–Crippen LogP) is 3.97. The first-order chi connectivity index (χ1) is 11.6. The lowest BCUT2D eigenvalue weighted by atomic mass is 10.00. The molecule has 1 atom stereocenters. The molecular weight excluding hydrogens is 324 g/mol. The van der Waals surface area contributed by atoms with Crippen LogP contribution in [0.1, 0.15) is 29.6 Å². The van der Waals surface area contributed by atoms with Crippen molar-refractivity contribution in [1.82, 2.24) is 4.90 Å². The van der Waals surface area contributed by atoms with Crippen molar-refractivity contribution in [3.05, 3.63) is 65.2 Å². The highest BCUT2D eigenvalue weighted by Crippen LogP contribution is 2.22. The third-order valence-corrected chi connectivity index (χ3v) is 4.45. The minimum absolute atomic E-state index is 0.0912. The molecule has 1 heterocycles. The van der Waals surface area contributed by atoms with Crippen LogP contribution in [0.25, 0.3) is 0 Å². The first-order valence-electron chi connectivity index (χ1n) is 8.07. The highest BCUT2D eigenvalue weighted by atomic mass is 35.5. The smallest absolute Gasteiger partial charge is 0.254 e. The van der Waals surface area contributed by atoms with Crippen molar-refractivity contribution in [2.24, 2.45) is 0 Å². The average molecular weight is 343 g/mol. The molecule has 1 aliphatic rings. The lowest BCUT2D eigenvalue weighted by Gasteiger charge is -2.34. The van der Waals surface area contributed by atoms with Gasteiger partial charge in [0.1, 0.15) is 6.04 Å². The van der Waals surface area contributed by atoms with Crippen molar-refractivity contribution in [2.75, 3.05) is 11.9 Å². The molecule has 0 saturated carbocycles. The van der Waals surface area contributed by atoms with E-state index in [9.17, 15) is 9.59 Å². The van der Waals surface area contributed by atoms with Crippen molar-refractivity contribution >= 4 is 29.1 Å². The third-order valence-electron chi connectivity index (χ3n) is 4.20. The summed E-state index contributed by atoms with van der Waals surface area (Å²) in [6, 6.07) is 15.6. The molecule has 1 N–H and O–H groups in total. The molecule has 124 valence electrons. The maximum absolute atomic E-state index is 12.7. The van der Waals surface area contributed by atoms with Crippen LogP contribution >= 0.6 is 11.6 Å². The van der Waals surface area contributed by atoms with Gasteiger partial charge < -0.3 is 10.2 Å². The highest BCUT2D eigenvalue weighted by molar-refractivity contribution is 6.30. The molecule has 3 rings (SSSR count). The predicted molar refractivity (Wildman–Crippen MR) is 95.2 cm³/mol. The number of carbonyl (C=O) groups is 2. The number of amides is 2. The Balaban J connectivity index is 1.75. The molecule has 1 aliphatic heterocycles. The molecule has 2 aromatic carbocycles. The Hall–Kier alpha value is -2.33.